The number of rotatable bonds is 2. The summed E-state index contributed by atoms with van der Waals surface area (Å²) in [6.07, 6.45) is 6.64. The second kappa shape index (κ2) is 5.69. The molecule has 22 heavy (non-hydrogen) atoms. The van der Waals surface area contributed by atoms with Gasteiger partial charge in [0.1, 0.15) is 11.8 Å². The molecule has 4 unspecified atom stereocenters. The van der Waals surface area contributed by atoms with Crippen molar-refractivity contribution < 1.29 is 14.9 Å². The molecule has 1 aromatic rings. The molecule has 3 heterocycles. The van der Waals surface area contributed by atoms with Gasteiger partial charge in [0.2, 0.25) is 0 Å². The number of aromatic nitrogens is 1. The highest BCUT2D eigenvalue weighted by atomic mass is 16.5. The summed E-state index contributed by atoms with van der Waals surface area (Å²) in [5.74, 6) is 2.62. The van der Waals surface area contributed by atoms with Crippen LogP contribution >= 0.6 is 0 Å². The van der Waals surface area contributed by atoms with E-state index >= 15 is 0 Å². The largest absolute Gasteiger partial charge is 0.394 e. The molecule has 6 nitrogen and oxygen atoms in total. The lowest BCUT2D eigenvalue weighted by Gasteiger charge is -2.16. The molecule has 0 aliphatic carbocycles. The predicted octanol–water partition coefficient (Wildman–Crippen LogP) is 0.894. The average Bonchev–Trinajstić information content (AvgIpc) is 3.02. The molecule has 3 N–H and O–H groups in total. The van der Waals surface area contributed by atoms with Gasteiger partial charge < -0.3 is 20.4 Å². The third-order valence-corrected chi connectivity index (χ3v) is 4.25. The van der Waals surface area contributed by atoms with Crippen LogP contribution in [0.1, 0.15) is 42.8 Å². The Labute approximate surface area is 128 Å². The van der Waals surface area contributed by atoms with Crippen LogP contribution in [-0.4, -0.2) is 45.6 Å². The van der Waals surface area contributed by atoms with Crippen LogP contribution in [0.4, 0.5) is 0 Å². The Morgan fingerprint density at radius 2 is 2.36 bits per heavy atom. The fraction of sp³-hybridized carbons (Fsp3) is 0.500. The van der Waals surface area contributed by atoms with Gasteiger partial charge in [-0.1, -0.05) is 12.8 Å². The number of nitrogens with one attached hydrogen (secondary N) is 1. The quantitative estimate of drug-likeness (QED) is 0.709. The minimum atomic E-state index is -0.730. The molecule has 2 aliphatic heterocycles. The minimum absolute atomic E-state index is 0.0273. The third-order valence-electron chi connectivity index (χ3n) is 4.25. The van der Waals surface area contributed by atoms with E-state index in [1.54, 1.807) is 17.0 Å². The van der Waals surface area contributed by atoms with Crippen LogP contribution in [0.25, 0.3) is 0 Å². The normalized spacial score (nSPS) is 30.9. The Morgan fingerprint density at radius 1 is 1.59 bits per heavy atom. The SMILES string of the molecule is C#Cc1cc(C2OC(CO)CC2O)n2c1C(=N)C(C)CC=N2. The van der Waals surface area contributed by atoms with Crippen molar-refractivity contribution in [2.45, 2.75) is 38.1 Å². The Bertz CT molecular complexity index is 671. The molecule has 6 heteroatoms. The zero-order valence-electron chi connectivity index (χ0n) is 12.4. The van der Waals surface area contributed by atoms with Crippen molar-refractivity contribution in [1.82, 2.24) is 4.68 Å². The standard InChI is InChI=1S/C16H19N3O3/c1-3-10-6-12(16-13(21)7-11(8-20)22-16)19-15(10)14(17)9(2)4-5-18-19/h1,5-6,9,11,13,16-17,20-21H,4,7-8H2,2H3. The summed E-state index contributed by atoms with van der Waals surface area (Å²) in [6.45, 7) is 1.82. The summed E-state index contributed by atoms with van der Waals surface area (Å²) < 4.78 is 7.31. The minimum Gasteiger partial charge on any atom is -0.394 e. The molecule has 1 fully saturated rings. The molecule has 0 aromatic carbocycles. The molecule has 4 atom stereocenters. The van der Waals surface area contributed by atoms with E-state index < -0.39 is 18.3 Å². The highest BCUT2D eigenvalue weighted by Crippen LogP contribution is 2.36. The fourth-order valence-electron chi connectivity index (χ4n) is 2.99. The first kappa shape index (κ1) is 15.0. The number of terminal acetylenes is 1. The molecule has 0 bridgehead atoms. The molecule has 2 aliphatic rings. The molecular formula is C16H19N3O3. The van der Waals surface area contributed by atoms with E-state index in [1.807, 2.05) is 6.92 Å². The van der Waals surface area contributed by atoms with E-state index in [-0.39, 0.29) is 12.5 Å². The Kier molecular flexibility index (Phi) is 3.87. The first-order valence-corrected chi connectivity index (χ1v) is 7.35. The van der Waals surface area contributed by atoms with Crippen molar-refractivity contribution >= 4 is 11.9 Å². The van der Waals surface area contributed by atoms with E-state index in [0.29, 0.717) is 35.5 Å². The van der Waals surface area contributed by atoms with Gasteiger partial charge >= 0.3 is 0 Å². The van der Waals surface area contributed by atoms with Gasteiger partial charge in [0.25, 0.3) is 0 Å². The van der Waals surface area contributed by atoms with Crippen LogP contribution in [-0.2, 0) is 4.74 Å². The Balaban J connectivity index is 2.09. The molecule has 1 aromatic heterocycles. The number of fused-ring (bicyclic) bond motifs is 1. The highest BCUT2D eigenvalue weighted by Gasteiger charge is 2.38. The maximum absolute atomic E-state index is 10.2. The molecule has 0 radical (unpaired) electrons. The van der Waals surface area contributed by atoms with E-state index in [0.717, 1.165) is 0 Å². The molecule has 116 valence electrons. The summed E-state index contributed by atoms with van der Waals surface area (Å²) in [7, 11) is 0. The van der Waals surface area contributed by atoms with Gasteiger partial charge in [-0.25, -0.2) is 4.68 Å². The third kappa shape index (κ3) is 2.28. The zero-order valence-corrected chi connectivity index (χ0v) is 12.4. The maximum atomic E-state index is 10.2. The highest BCUT2D eigenvalue weighted by molar-refractivity contribution is 6.02. The first-order valence-electron chi connectivity index (χ1n) is 7.35. The van der Waals surface area contributed by atoms with E-state index in [9.17, 15) is 10.2 Å². The second-order valence-electron chi connectivity index (χ2n) is 5.80. The average molecular weight is 301 g/mol. The first-order chi connectivity index (χ1) is 10.6. The Hall–Kier alpha value is -1.94. The number of nitrogens with zero attached hydrogens (tertiary/aromatic N) is 2. The summed E-state index contributed by atoms with van der Waals surface area (Å²) in [5.41, 5.74) is 2.22. The van der Waals surface area contributed by atoms with E-state index in [4.69, 9.17) is 16.6 Å². The van der Waals surface area contributed by atoms with Crippen molar-refractivity contribution in [3.05, 3.63) is 23.0 Å². The zero-order chi connectivity index (χ0) is 15.9. The predicted molar refractivity (Wildman–Crippen MR) is 82.2 cm³/mol. The van der Waals surface area contributed by atoms with E-state index in [1.165, 1.54) is 0 Å². The monoisotopic (exact) mass is 301 g/mol. The summed E-state index contributed by atoms with van der Waals surface area (Å²) in [5, 5.41) is 32.1. The van der Waals surface area contributed by atoms with Crippen LogP contribution in [0.2, 0.25) is 0 Å². The smallest absolute Gasteiger partial charge is 0.126 e. The molecule has 3 rings (SSSR count). The summed E-state index contributed by atoms with van der Waals surface area (Å²) in [4.78, 5) is 0. The number of aliphatic hydroxyl groups excluding tert-OH is 2. The van der Waals surface area contributed by atoms with Gasteiger partial charge in [-0.3, -0.25) is 0 Å². The number of hydrogen-bond donors (Lipinski definition) is 3. The Morgan fingerprint density at radius 3 is 3.00 bits per heavy atom. The number of hydrogen-bond acceptors (Lipinski definition) is 5. The molecule has 0 saturated carbocycles. The van der Waals surface area contributed by atoms with Gasteiger partial charge in [0.05, 0.1) is 35.8 Å². The van der Waals surface area contributed by atoms with Crippen LogP contribution in [0.5, 0.6) is 0 Å². The van der Waals surface area contributed by atoms with Gasteiger partial charge in [-0.2, -0.15) is 5.10 Å². The van der Waals surface area contributed by atoms with Crippen LogP contribution in [0.15, 0.2) is 11.2 Å². The van der Waals surface area contributed by atoms with Gasteiger partial charge in [0.15, 0.2) is 0 Å². The summed E-state index contributed by atoms with van der Waals surface area (Å²) >= 11 is 0. The lowest BCUT2D eigenvalue weighted by molar-refractivity contribution is -0.0142. The van der Waals surface area contributed by atoms with Gasteiger partial charge in [-0.15, -0.1) is 6.42 Å². The van der Waals surface area contributed by atoms with Crippen molar-refractivity contribution in [2.24, 2.45) is 11.0 Å². The van der Waals surface area contributed by atoms with Crippen LogP contribution in [0, 0.1) is 23.7 Å². The van der Waals surface area contributed by atoms with Gasteiger partial charge in [0, 0.05) is 18.6 Å². The van der Waals surface area contributed by atoms with Crippen molar-refractivity contribution in [1.29, 1.82) is 5.41 Å². The molecule has 1 saturated heterocycles. The van der Waals surface area contributed by atoms with Crippen molar-refractivity contribution in [2.75, 3.05) is 6.61 Å². The fourth-order valence-corrected chi connectivity index (χ4v) is 2.99. The number of aliphatic hydroxyl groups is 2. The van der Waals surface area contributed by atoms with Crippen LogP contribution in [0.3, 0.4) is 0 Å². The maximum Gasteiger partial charge on any atom is 0.126 e. The number of ether oxygens (including phenoxy) is 1. The van der Waals surface area contributed by atoms with Gasteiger partial charge in [-0.05, 0) is 12.5 Å². The van der Waals surface area contributed by atoms with E-state index in [2.05, 4.69) is 11.0 Å². The van der Waals surface area contributed by atoms with Crippen molar-refractivity contribution in [3.8, 4) is 12.3 Å². The molecular weight excluding hydrogens is 282 g/mol. The molecule has 0 amide bonds. The van der Waals surface area contributed by atoms with Crippen molar-refractivity contribution in [3.63, 3.8) is 0 Å². The lowest BCUT2D eigenvalue weighted by Crippen LogP contribution is -2.18. The summed E-state index contributed by atoms with van der Waals surface area (Å²) in [6, 6.07) is 1.74. The van der Waals surface area contributed by atoms with Crippen LogP contribution < -0.4 is 0 Å². The lowest BCUT2D eigenvalue weighted by atomic mass is 9.98. The molecule has 0 spiro atoms. The topological polar surface area (TPSA) is 90.8 Å². The second-order valence-corrected chi connectivity index (χ2v) is 5.80.